The Morgan fingerprint density at radius 1 is 0.452 bits per heavy atom. The summed E-state index contributed by atoms with van der Waals surface area (Å²) in [5.41, 5.74) is 13.5. The van der Waals surface area contributed by atoms with Crippen molar-refractivity contribution in [1.29, 1.82) is 0 Å². The lowest BCUT2D eigenvalue weighted by Gasteiger charge is -2.38. The number of nitrogens with zero attached hydrogens (tertiary/aromatic N) is 4. The molecule has 294 valence electrons. The third kappa shape index (κ3) is 5.70. The molecular weight excluding hydrogens is 793 g/mol. The average Bonchev–Trinajstić information content (AvgIpc) is 3.33. The number of thioether (sulfide) groups is 1. The highest BCUT2D eigenvalue weighted by Gasteiger charge is 2.31. The Bertz CT molecular complexity index is 3460. The number of hydrogen-bond donors (Lipinski definition) is 0. The number of benzene rings is 7. The molecule has 4 aliphatic rings. The van der Waals surface area contributed by atoms with Gasteiger partial charge in [-0.1, -0.05) is 127 Å². The van der Waals surface area contributed by atoms with Crippen LogP contribution in [0.25, 0.3) is 65.9 Å². The van der Waals surface area contributed by atoms with Gasteiger partial charge in [0.2, 0.25) is 0 Å². The molecule has 0 spiro atoms. The maximum atomic E-state index is 5.45. The molecule has 0 radical (unpaired) electrons. The van der Waals surface area contributed by atoms with Crippen LogP contribution in [0.2, 0.25) is 0 Å². The third-order valence-corrected chi connectivity index (χ3v) is 15.1. The molecule has 2 aliphatic carbocycles. The van der Waals surface area contributed by atoms with Gasteiger partial charge in [-0.3, -0.25) is 0 Å². The normalized spacial score (nSPS) is 15.7. The van der Waals surface area contributed by atoms with E-state index in [0.717, 1.165) is 97.2 Å². The monoisotopic (exact) mass is 830 g/mol. The Morgan fingerprint density at radius 2 is 1.00 bits per heavy atom. The van der Waals surface area contributed by atoms with Gasteiger partial charge in [-0.05, 0) is 126 Å². The van der Waals surface area contributed by atoms with E-state index in [9.17, 15) is 0 Å². The maximum Gasteiger partial charge on any atom is 0.0722 e. The summed E-state index contributed by atoms with van der Waals surface area (Å²) in [5.74, 6) is 0. The van der Waals surface area contributed by atoms with E-state index in [1.807, 2.05) is 23.5 Å². The summed E-state index contributed by atoms with van der Waals surface area (Å²) in [7, 11) is 0. The Labute approximate surface area is 368 Å². The van der Waals surface area contributed by atoms with Gasteiger partial charge in [-0.15, -0.1) is 0 Å². The van der Waals surface area contributed by atoms with Crippen molar-refractivity contribution in [3.05, 3.63) is 203 Å². The van der Waals surface area contributed by atoms with E-state index in [1.165, 1.54) is 48.1 Å². The van der Waals surface area contributed by atoms with Crippen molar-refractivity contribution < 1.29 is 0 Å². The lowest BCUT2D eigenvalue weighted by Crippen LogP contribution is -2.27. The summed E-state index contributed by atoms with van der Waals surface area (Å²) in [6.07, 6.45) is 13.6. The van der Waals surface area contributed by atoms with Gasteiger partial charge in [0, 0.05) is 58.6 Å². The SMILES string of the molecule is C1=CC2=C(CC1)SC1=C(CCC=C1)N2c1ccc2c(-c3ccc4ccccc4n3)c3cc(N4c5ccccc5Sc5ccccc54)ccc3c(-c3ccc4ccccc4n3)c2c1. The average molecular weight is 831 g/mol. The molecule has 7 aromatic carbocycles. The summed E-state index contributed by atoms with van der Waals surface area (Å²) in [6.45, 7) is 0. The fourth-order valence-electron chi connectivity index (χ4n) is 9.88. The van der Waals surface area contributed by atoms with Crippen LogP contribution in [0.3, 0.4) is 0 Å². The van der Waals surface area contributed by atoms with Crippen LogP contribution in [0.1, 0.15) is 25.7 Å². The van der Waals surface area contributed by atoms with Crippen LogP contribution >= 0.6 is 23.5 Å². The molecule has 4 nitrogen and oxygen atoms in total. The van der Waals surface area contributed by atoms with Crippen LogP contribution in [0.15, 0.2) is 213 Å². The van der Waals surface area contributed by atoms with Gasteiger partial charge in [-0.25, -0.2) is 9.97 Å². The Morgan fingerprint density at radius 3 is 1.65 bits per heavy atom. The molecule has 0 amide bonds. The van der Waals surface area contributed by atoms with Gasteiger partial charge in [0.25, 0.3) is 0 Å². The van der Waals surface area contributed by atoms with E-state index in [-0.39, 0.29) is 0 Å². The van der Waals surface area contributed by atoms with Crippen molar-refractivity contribution in [2.75, 3.05) is 9.80 Å². The number of anilines is 4. The number of fused-ring (bicyclic) bond motifs is 6. The zero-order valence-electron chi connectivity index (χ0n) is 33.8. The maximum absolute atomic E-state index is 5.45. The summed E-state index contributed by atoms with van der Waals surface area (Å²) in [5, 5.41) is 6.85. The van der Waals surface area contributed by atoms with Crippen molar-refractivity contribution in [1.82, 2.24) is 9.97 Å². The van der Waals surface area contributed by atoms with Crippen LogP contribution in [-0.4, -0.2) is 9.97 Å². The van der Waals surface area contributed by atoms with E-state index in [0.29, 0.717) is 0 Å². The molecule has 13 rings (SSSR count). The zero-order chi connectivity index (χ0) is 40.7. The molecule has 0 bridgehead atoms. The summed E-state index contributed by atoms with van der Waals surface area (Å²) in [4.78, 5) is 21.2. The third-order valence-electron chi connectivity index (χ3n) is 12.7. The van der Waals surface area contributed by atoms with Gasteiger partial charge in [0.1, 0.15) is 0 Å². The van der Waals surface area contributed by atoms with Crippen LogP contribution in [0, 0.1) is 0 Å². The smallest absolute Gasteiger partial charge is 0.0722 e. The molecule has 0 saturated heterocycles. The van der Waals surface area contributed by atoms with Gasteiger partial charge in [0.15, 0.2) is 0 Å². The highest BCUT2D eigenvalue weighted by molar-refractivity contribution is 8.07. The number of para-hydroxylation sites is 4. The van der Waals surface area contributed by atoms with E-state index in [2.05, 4.69) is 192 Å². The molecule has 0 atom stereocenters. The van der Waals surface area contributed by atoms with Gasteiger partial charge in [-0.2, -0.15) is 0 Å². The molecule has 0 saturated carbocycles. The molecule has 2 aliphatic heterocycles. The molecular formula is C56H38N4S2. The summed E-state index contributed by atoms with van der Waals surface area (Å²) < 4.78 is 0. The van der Waals surface area contributed by atoms with E-state index in [1.54, 1.807) is 0 Å². The lowest BCUT2D eigenvalue weighted by atomic mass is 9.87. The molecule has 0 unspecified atom stereocenters. The Balaban J connectivity index is 1.14. The van der Waals surface area contributed by atoms with E-state index >= 15 is 0 Å². The molecule has 62 heavy (non-hydrogen) atoms. The largest absolute Gasteiger partial charge is 0.312 e. The van der Waals surface area contributed by atoms with Crippen molar-refractivity contribution >= 4 is 89.6 Å². The first-order valence-electron chi connectivity index (χ1n) is 21.4. The fraction of sp³-hybridized carbons (Fsp3) is 0.0714. The van der Waals surface area contributed by atoms with Crippen molar-refractivity contribution in [2.24, 2.45) is 0 Å². The number of rotatable bonds is 4. The topological polar surface area (TPSA) is 32.3 Å². The van der Waals surface area contributed by atoms with E-state index < -0.39 is 0 Å². The molecule has 2 aromatic heterocycles. The predicted molar refractivity (Wildman–Crippen MR) is 263 cm³/mol. The Kier molecular flexibility index (Phi) is 8.31. The lowest BCUT2D eigenvalue weighted by molar-refractivity contribution is 0.873. The number of allylic oxidation sites excluding steroid dienone is 6. The molecule has 9 aromatic rings. The predicted octanol–water partition coefficient (Wildman–Crippen LogP) is 16.0. The highest BCUT2D eigenvalue weighted by atomic mass is 32.2. The number of pyridine rings is 2. The van der Waals surface area contributed by atoms with Gasteiger partial charge in [0.05, 0.1) is 39.5 Å². The minimum atomic E-state index is 0.952. The Hall–Kier alpha value is -6.86. The van der Waals surface area contributed by atoms with Gasteiger partial charge < -0.3 is 9.80 Å². The van der Waals surface area contributed by atoms with Crippen LogP contribution in [0.4, 0.5) is 22.7 Å². The quantitative estimate of drug-likeness (QED) is 0.164. The first-order chi connectivity index (χ1) is 30.7. The fourth-order valence-corrected chi connectivity index (χ4v) is 12.2. The summed E-state index contributed by atoms with van der Waals surface area (Å²) >= 11 is 3.80. The van der Waals surface area contributed by atoms with Crippen molar-refractivity contribution in [3.63, 3.8) is 0 Å². The first-order valence-corrected chi connectivity index (χ1v) is 23.1. The highest BCUT2D eigenvalue weighted by Crippen LogP contribution is 2.54. The second-order valence-electron chi connectivity index (χ2n) is 16.3. The minimum absolute atomic E-state index is 0.952. The standard InChI is InChI=1S/C56H38N4S2/c1-3-15-43-35(13-1)25-31-45(57-43)55-39-29-27-38(60-49-19-7-11-23-53(49)62-54-24-12-8-20-50(54)60)34-42(39)56(46-32-26-36-14-2-4-16-44(36)58-46)40-30-28-37(33-41(40)55)59-47-17-5-9-21-51(47)61-52-22-10-6-18-48(52)59/h1-7,9-10,12-19,21-22,24-34H,8,11,20,23H2. The minimum Gasteiger partial charge on any atom is -0.312 e. The van der Waals surface area contributed by atoms with E-state index in [4.69, 9.17) is 9.97 Å². The molecule has 0 fully saturated rings. The van der Waals surface area contributed by atoms with Gasteiger partial charge >= 0.3 is 0 Å². The number of hydrogen-bond acceptors (Lipinski definition) is 6. The van der Waals surface area contributed by atoms with Crippen LogP contribution in [0.5, 0.6) is 0 Å². The van der Waals surface area contributed by atoms with Crippen LogP contribution in [-0.2, 0) is 0 Å². The first kappa shape index (κ1) is 35.9. The molecule has 0 N–H and O–H groups in total. The van der Waals surface area contributed by atoms with Crippen molar-refractivity contribution in [3.8, 4) is 22.5 Å². The second kappa shape index (κ2) is 14.4. The summed E-state index contributed by atoms with van der Waals surface area (Å²) in [6, 6.07) is 57.5. The molecule has 6 heteroatoms. The number of aromatic nitrogens is 2. The second-order valence-corrected chi connectivity index (χ2v) is 18.5. The molecule has 4 heterocycles. The zero-order valence-corrected chi connectivity index (χ0v) is 35.4. The van der Waals surface area contributed by atoms with Crippen LogP contribution < -0.4 is 9.80 Å². The van der Waals surface area contributed by atoms with Crippen molar-refractivity contribution in [2.45, 2.75) is 35.5 Å².